The topological polar surface area (TPSA) is 188 Å². The van der Waals surface area contributed by atoms with E-state index in [0.717, 1.165) is 15.1 Å². The van der Waals surface area contributed by atoms with Gasteiger partial charge in [-0.25, -0.2) is 17.4 Å². The van der Waals surface area contributed by atoms with E-state index in [2.05, 4.69) is 9.97 Å². The number of ether oxygens (including phenoxy) is 4. The molecule has 0 bridgehead atoms. The molecule has 4 aromatic rings. The first-order valence-electron chi connectivity index (χ1n) is 12.4. The standard InChI is InChI=1S/C27H29N5O8S2/c1-15-11-30-20(16(2)26(15)38-4)14-41-27-31-19-7-5-17(37-3)9-21(19)32(27)42(35,36)18-6-8-22(39-12-24(28)33)23(10-18)40-13-25(29)34/h5-11H,12-14H2,1-4H3,(H2,28,33)(H2,29,34). The smallest absolute Gasteiger partial charge is 0.270 e. The van der Waals surface area contributed by atoms with Crippen molar-refractivity contribution in [2.24, 2.45) is 11.5 Å². The van der Waals surface area contributed by atoms with Gasteiger partial charge in [0.1, 0.15) is 11.5 Å². The van der Waals surface area contributed by atoms with Crippen molar-refractivity contribution in [3.63, 3.8) is 0 Å². The van der Waals surface area contributed by atoms with Gasteiger partial charge >= 0.3 is 0 Å². The maximum absolute atomic E-state index is 14.2. The zero-order chi connectivity index (χ0) is 30.6. The number of amides is 2. The van der Waals surface area contributed by atoms with E-state index in [9.17, 15) is 18.0 Å². The van der Waals surface area contributed by atoms with Crippen LogP contribution in [0.2, 0.25) is 0 Å². The minimum atomic E-state index is -4.33. The molecule has 0 aliphatic heterocycles. The predicted molar refractivity (Wildman–Crippen MR) is 155 cm³/mol. The molecule has 13 nitrogen and oxygen atoms in total. The van der Waals surface area contributed by atoms with E-state index < -0.39 is 35.1 Å². The van der Waals surface area contributed by atoms with E-state index >= 15 is 0 Å². The van der Waals surface area contributed by atoms with Crippen molar-refractivity contribution in [1.29, 1.82) is 0 Å². The Morgan fingerprint density at radius 3 is 2.29 bits per heavy atom. The first-order chi connectivity index (χ1) is 20.0. The van der Waals surface area contributed by atoms with Gasteiger partial charge in [0.25, 0.3) is 21.8 Å². The highest BCUT2D eigenvalue weighted by Crippen LogP contribution is 2.36. The predicted octanol–water partition coefficient (Wildman–Crippen LogP) is 2.32. The Balaban J connectivity index is 1.82. The molecule has 2 aromatic carbocycles. The quantitative estimate of drug-likeness (QED) is 0.210. The summed E-state index contributed by atoms with van der Waals surface area (Å²) >= 11 is 1.18. The second-order valence-electron chi connectivity index (χ2n) is 8.97. The van der Waals surface area contributed by atoms with Crippen LogP contribution < -0.4 is 30.4 Å². The fraction of sp³-hybridized carbons (Fsp3) is 0.259. The Kier molecular flexibility index (Phi) is 9.11. The highest BCUT2D eigenvalue weighted by atomic mass is 32.2. The first-order valence-corrected chi connectivity index (χ1v) is 14.8. The van der Waals surface area contributed by atoms with E-state index in [0.29, 0.717) is 28.5 Å². The molecule has 0 atom stereocenters. The minimum Gasteiger partial charge on any atom is -0.497 e. The Hall–Kier alpha value is -4.50. The molecule has 0 saturated carbocycles. The molecular formula is C27H29N5O8S2. The number of nitrogens with zero attached hydrogens (tertiary/aromatic N) is 3. The summed E-state index contributed by atoms with van der Waals surface area (Å²) < 4.78 is 51.1. The molecule has 4 rings (SSSR count). The van der Waals surface area contributed by atoms with E-state index in [-0.39, 0.29) is 27.1 Å². The van der Waals surface area contributed by atoms with Crippen LogP contribution in [0.25, 0.3) is 11.0 Å². The normalized spacial score (nSPS) is 11.3. The van der Waals surface area contributed by atoms with Crippen molar-refractivity contribution in [3.05, 3.63) is 59.4 Å². The van der Waals surface area contributed by atoms with Crippen molar-refractivity contribution >= 4 is 44.6 Å². The molecule has 2 aromatic heterocycles. The highest BCUT2D eigenvalue weighted by Gasteiger charge is 2.27. The molecule has 0 aliphatic carbocycles. The number of rotatable bonds is 13. The molecule has 42 heavy (non-hydrogen) atoms. The van der Waals surface area contributed by atoms with Crippen LogP contribution in [0.15, 0.2) is 52.6 Å². The molecule has 2 amide bonds. The number of carbonyl (C=O) groups excluding carboxylic acids is 2. The van der Waals surface area contributed by atoms with Crippen LogP contribution in [-0.2, 0) is 25.4 Å². The van der Waals surface area contributed by atoms with Crippen LogP contribution in [0.1, 0.15) is 16.8 Å². The third kappa shape index (κ3) is 6.36. The molecule has 0 aliphatic rings. The van der Waals surface area contributed by atoms with Gasteiger partial charge in [-0.2, -0.15) is 0 Å². The number of pyridine rings is 1. The lowest BCUT2D eigenvalue weighted by Crippen LogP contribution is -2.22. The number of carbonyl (C=O) groups is 2. The number of methoxy groups -OCH3 is 2. The lowest BCUT2D eigenvalue weighted by Gasteiger charge is -2.15. The number of imidazole rings is 1. The highest BCUT2D eigenvalue weighted by molar-refractivity contribution is 7.99. The van der Waals surface area contributed by atoms with Gasteiger partial charge in [0, 0.05) is 35.2 Å². The molecule has 0 fully saturated rings. The molecular weight excluding hydrogens is 586 g/mol. The first kappa shape index (κ1) is 30.5. The van der Waals surface area contributed by atoms with Crippen LogP contribution in [0.4, 0.5) is 0 Å². The van der Waals surface area contributed by atoms with Gasteiger partial charge in [-0.05, 0) is 38.1 Å². The molecule has 2 heterocycles. The van der Waals surface area contributed by atoms with E-state index in [1.165, 1.54) is 37.1 Å². The third-order valence-corrected chi connectivity index (χ3v) is 8.84. The number of hydrogen-bond donors (Lipinski definition) is 2. The Morgan fingerprint density at radius 1 is 0.952 bits per heavy atom. The summed E-state index contributed by atoms with van der Waals surface area (Å²) in [5, 5.41) is 0.174. The van der Waals surface area contributed by atoms with Gasteiger partial charge in [0.15, 0.2) is 29.9 Å². The minimum absolute atomic E-state index is 0.00405. The van der Waals surface area contributed by atoms with Crippen LogP contribution in [0.3, 0.4) is 0 Å². The Bertz CT molecular complexity index is 1770. The maximum Gasteiger partial charge on any atom is 0.270 e. The number of nitrogens with two attached hydrogens (primary N) is 2. The molecule has 15 heteroatoms. The number of fused-ring (bicyclic) bond motifs is 1. The molecule has 0 unspecified atom stereocenters. The largest absolute Gasteiger partial charge is 0.497 e. The van der Waals surface area contributed by atoms with Gasteiger partial charge in [-0.3, -0.25) is 14.6 Å². The number of aryl methyl sites for hydroxylation is 1. The summed E-state index contributed by atoms with van der Waals surface area (Å²) in [6.07, 6.45) is 1.70. The number of primary amides is 2. The summed E-state index contributed by atoms with van der Waals surface area (Å²) in [5.74, 6) is -0.262. The SMILES string of the molecule is COc1ccc2nc(SCc3ncc(C)c(OC)c3C)n(S(=O)(=O)c3ccc(OCC(N)=O)c(OCC(N)=O)c3)c2c1. The summed E-state index contributed by atoms with van der Waals surface area (Å²) in [6, 6.07) is 8.65. The number of hydrogen-bond acceptors (Lipinski definition) is 11. The molecule has 0 saturated heterocycles. The van der Waals surface area contributed by atoms with Gasteiger partial charge in [-0.1, -0.05) is 11.8 Å². The summed E-state index contributed by atoms with van der Waals surface area (Å²) in [7, 11) is -1.28. The van der Waals surface area contributed by atoms with Gasteiger partial charge in [0.05, 0.1) is 35.8 Å². The maximum atomic E-state index is 14.2. The van der Waals surface area contributed by atoms with Crippen molar-refractivity contribution in [1.82, 2.24) is 13.9 Å². The zero-order valence-electron chi connectivity index (χ0n) is 23.2. The Morgan fingerprint density at radius 2 is 1.64 bits per heavy atom. The second kappa shape index (κ2) is 12.6. The summed E-state index contributed by atoms with van der Waals surface area (Å²) in [6.45, 7) is 2.72. The Labute approximate surface area is 246 Å². The third-order valence-electron chi connectivity index (χ3n) is 6.07. The number of benzene rings is 2. The van der Waals surface area contributed by atoms with Gasteiger partial charge < -0.3 is 30.4 Å². The van der Waals surface area contributed by atoms with Crippen molar-refractivity contribution in [3.8, 4) is 23.0 Å². The van der Waals surface area contributed by atoms with Gasteiger partial charge in [0.2, 0.25) is 0 Å². The van der Waals surface area contributed by atoms with E-state index in [1.54, 1.807) is 31.5 Å². The van der Waals surface area contributed by atoms with Crippen LogP contribution in [0.5, 0.6) is 23.0 Å². The van der Waals surface area contributed by atoms with Crippen LogP contribution in [0, 0.1) is 13.8 Å². The molecule has 222 valence electrons. The average Bonchev–Trinajstić information content (AvgIpc) is 3.33. The lowest BCUT2D eigenvalue weighted by molar-refractivity contribution is -0.121. The number of aromatic nitrogens is 3. The van der Waals surface area contributed by atoms with Crippen molar-refractivity contribution in [2.45, 2.75) is 29.7 Å². The molecule has 0 spiro atoms. The number of thioether (sulfide) groups is 1. The van der Waals surface area contributed by atoms with E-state index in [1.807, 2.05) is 13.8 Å². The van der Waals surface area contributed by atoms with Crippen molar-refractivity contribution in [2.75, 3.05) is 27.4 Å². The second-order valence-corrected chi connectivity index (χ2v) is 11.7. The zero-order valence-corrected chi connectivity index (χ0v) is 24.9. The van der Waals surface area contributed by atoms with Gasteiger partial charge in [-0.15, -0.1) is 0 Å². The lowest BCUT2D eigenvalue weighted by atomic mass is 10.1. The monoisotopic (exact) mass is 615 g/mol. The molecule has 0 radical (unpaired) electrons. The fourth-order valence-corrected chi connectivity index (χ4v) is 6.84. The summed E-state index contributed by atoms with van der Waals surface area (Å²) in [4.78, 5) is 31.5. The van der Waals surface area contributed by atoms with Crippen molar-refractivity contribution < 1.29 is 37.0 Å². The van der Waals surface area contributed by atoms with Crippen LogP contribution in [-0.4, -0.2) is 61.6 Å². The summed E-state index contributed by atoms with van der Waals surface area (Å²) in [5.41, 5.74) is 13.5. The van der Waals surface area contributed by atoms with E-state index in [4.69, 9.17) is 30.4 Å². The van der Waals surface area contributed by atoms with Crippen LogP contribution >= 0.6 is 11.8 Å². The average molecular weight is 616 g/mol. The molecule has 4 N–H and O–H groups in total. The fourth-order valence-electron chi connectivity index (χ4n) is 4.10.